The first-order valence-electron chi connectivity index (χ1n) is 5.16. The summed E-state index contributed by atoms with van der Waals surface area (Å²) < 4.78 is 27.3. The smallest absolute Gasteiger partial charge is 0.263 e. The summed E-state index contributed by atoms with van der Waals surface area (Å²) >= 11 is 3.21. The molecule has 0 saturated carbocycles. The Balaban J connectivity index is 2.32. The van der Waals surface area contributed by atoms with Gasteiger partial charge in [0.1, 0.15) is 5.82 Å². The molecule has 0 radical (unpaired) electrons. The number of anilines is 1. The zero-order valence-electron chi connectivity index (χ0n) is 9.54. The first-order valence-corrected chi connectivity index (χ1v) is 7.43. The predicted octanol–water partition coefficient (Wildman–Crippen LogP) is 2.52. The summed E-state index contributed by atoms with van der Waals surface area (Å²) in [5.41, 5.74) is 0.284. The van der Waals surface area contributed by atoms with Gasteiger partial charge in [-0.3, -0.25) is 4.72 Å². The van der Waals surface area contributed by atoms with Crippen molar-refractivity contribution in [3.05, 3.63) is 52.6 Å². The van der Waals surface area contributed by atoms with Gasteiger partial charge in [-0.2, -0.15) is 5.26 Å². The molecule has 0 fully saturated rings. The maximum absolute atomic E-state index is 12.1. The van der Waals surface area contributed by atoms with E-state index in [1.165, 1.54) is 36.5 Å². The van der Waals surface area contributed by atoms with Gasteiger partial charge in [0.15, 0.2) is 0 Å². The molecular weight excluding hydrogens is 330 g/mol. The van der Waals surface area contributed by atoms with Crippen molar-refractivity contribution in [2.24, 2.45) is 0 Å². The van der Waals surface area contributed by atoms with E-state index in [0.29, 0.717) is 0 Å². The molecule has 0 aliphatic heterocycles. The Kier molecular flexibility index (Phi) is 3.83. The van der Waals surface area contributed by atoms with E-state index in [4.69, 9.17) is 5.26 Å². The number of rotatable bonds is 3. The standard InChI is InChI=1S/C12H8BrN3O2S/c13-10-4-5-12(15-8-10)16-19(17,18)11-3-1-2-9(6-11)7-14/h1-6,8H,(H,15,16). The first kappa shape index (κ1) is 13.5. The normalized spacial score (nSPS) is 10.7. The highest BCUT2D eigenvalue weighted by molar-refractivity contribution is 9.10. The second kappa shape index (κ2) is 5.38. The van der Waals surface area contributed by atoms with E-state index in [9.17, 15) is 8.42 Å². The van der Waals surface area contributed by atoms with Crippen molar-refractivity contribution in [1.29, 1.82) is 5.26 Å². The Labute approximate surface area is 119 Å². The molecule has 0 spiro atoms. The number of hydrogen-bond donors (Lipinski definition) is 1. The summed E-state index contributed by atoms with van der Waals surface area (Å²) in [6.07, 6.45) is 1.49. The predicted molar refractivity (Wildman–Crippen MR) is 73.9 cm³/mol. The minimum Gasteiger partial charge on any atom is -0.263 e. The van der Waals surface area contributed by atoms with Crippen LogP contribution < -0.4 is 4.72 Å². The summed E-state index contributed by atoms with van der Waals surface area (Å²) in [5, 5.41) is 8.77. The summed E-state index contributed by atoms with van der Waals surface area (Å²) in [6, 6.07) is 10.9. The van der Waals surface area contributed by atoms with Crippen LogP contribution in [0.5, 0.6) is 0 Å². The van der Waals surface area contributed by atoms with Gasteiger partial charge < -0.3 is 0 Å². The molecule has 96 valence electrons. The van der Waals surface area contributed by atoms with E-state index in [1.807, 2.05) is 6.07 Å². The van der Waals surface area contributed by atoms with Gasteiger partial charge in [-0.1, -0.05) is 6.07 Å². The molecule has 0 bridgehead atoms. The second-order valence-electron chi connectivity index (χ2n) is 3.61. The van der Waals surface area contributed by atoms with Crippen LogP contribution in [-0.2, 0) is 10.0 Å². The van der Waals surface area contributed by atoms with E-state index >= 15 is 0 Å². The van der Waals surface area contributed by atoms with Crippen LogP contribution in [0.15, 0.2) is 52.0 Å². The quantitative estimate of drug-likeness (QED) is 0.932. The number of nitriles is 1. The average Bonchev–Trinajstić information content (AvgIpc) is 2.41. The molecule has 0 saturated heterocycles. The van der Waals surface area contributed by atoms with Crippen LogP contribution in [0.2, 0.25) is 0 Å². The summed E-state index contributed by atoms with van der Waals surface area (Å²) in [5.74, 6) is 0.213. The maximum atomic E-state index is 12.1. The van der Waals surface area contributed by atoms with E-state index in [-0.39, 0.29) is 16.3 Å². The molecule has 0 unspecified atom stereocenters. The van der Waals surface area contributed by atoms with Crippen LogP contribution in [-0.4, -0.2) is 13.4 Å². The Morgan fingerprint density at radius 3 is 2.68 bits per heavy atom. The fourth-order valence-electron chi connectivity index (χ4n) is 1.37. The second-order valence-corrected chi connectivity index (χ2v) is 6.20. The lowest BCUT2D eigenvalue weighted by molar-refractivity contribution is 0.601. The molecule has 5 nitrogen and oxygen atoms in total. The lowest BCUT2D eigenvalue weighted by Gasteiger charge is -2.07. The Morgan fingerprint density at radius 2 is 2.05 bits per heavy atom. The molecule has 0 atom stereocenters. The fourth-order valence-corrected chi connectivity index (χ4v) is 2.65. The number of hydrogen-bond acceptors (Lipinski definition) is 4. The number of nitrogens with zero attached hydrogens (tertiary/aromatic N) is 2. The zero-order chi connectivity index (χ0) is 13.9. The van der Waals surface area contributed by atoms with Crippen molar-refractivity contribution in [3.8, 4) is 6.07 Å². The third-order valence-corrected chi connectivity index (χ3v) is 4.06. The average molecular weight is 338 g/mol. The highest BCUT2D eigenvalue weighted by Crippen LogP contribution is 2.17. The third kappa shape index (κ3) is 3.30. The van der Waals surface area contributed by atoms with Gasteiger partial charge in [0, 0.05) is 10.7 Å². The van der Waals surface area contributed by atoms with Gasteiger partial charge in [-0.25, -0.2) is 13.4 Å². The van der Waals surface area contributed by atoms with E-state index in [2.05, 4.69) is 25.6 Å². The van der Waals surface area contributed by atoms with Gasteiger partial charge in [-0.15, -0.1) is 0 Å². The van der Waals surface area contributed by atoms with Crippen LogP contribution in [0.1, 0.15) is 5.56 Å². The highest BCUT2D eigenvalue weighted by atomic mass is 79.9. The molecule has 1 N–H and O–H groups in total. The molecule has 0 amide bonds. The Morgan fingerprint density at radius 1 is 1.26 bits per heavy atom. The minimum atomic E-state index is -3.74. The number of halogens is 1. The Bertz CT molecular complexity index is 736. The summed E-state index contributed by atoms with van der Waals surface area (Å²) in [4.78, 5) is 3.95. The zero-order valence-corrected chi connectivity index (χ0v) is 11.9. The molecular formula is C12H8BrN3O2S. The Hall–Kier alpha value is -1.91. The first-order chi connectivity index (χ1) is 9.01. The number of pyridine rings is 1. The summed E-state index contributed by atoms with van der Waals surface area (Å²) in [7, 11) is -3.74. The minimum absolute atomic E-state index is 0.0243. The molecule has 19 heavy (non-hydrogen) atoms. The summed E-state index contributed by atoms with van der Waals surface area (Å²) in [6.45, 7) is 0. The van der Waals surface area contributed by atoms with Gasteiger partial charge in [-0.05, 0) is 46.3 Å². The number of benzene rings is 1. The third-order valence-electron chi connectivity index (χ3n) is 2.24. The van der Waals surface area contributed by atoms with Crippen molar-refractivity contribution in [3.63, 3.8) is 0 Å². The van der Waals surface area contributed by atoms with Crippen molar-refractivity contribution < 1.29 is 8.42 Å². The largest absolute Gasteiger partial charge is 0.263 e. The lowest BCUT2D eigenvalue weighted by Crippen LogP contribution is -2.13. The fraction of sp³-hybridized carbons (Fsp3) is 0. The number of nitrogens with one attached hydrogen (secondary N) is 1. The number of sulfonamides is 1. The molecule has 2 aromatic rings. The molecule has 1 aromatic carbocycles. The van der Waals surface area contributed by atoms with Crippen LogP contribution in [0.3, 0.4) is 0 Å². The molecule has 1 heterocycles. The monoisotopic (exact) mass is 337 g/mol. The molecule has 0 aliphatic carbocycles. The maximum Gasteiger partial charge on any atom is 0.263 e. The van der Waals surface area contributed by atoms with Crippen LogP contribution in [0.4, 0.5) is 5.82 Å². The van der Waals surface area contributed by atoms with E-state index in [1.54, 1.807) is 6.07 Å². The highest BCUT2D eigenvalue weighted by Gasteiger charge is 2.15. The van der Waals surface area contributed by atoms with Crippen LogP contribution in [0, 0.1) is 11.3 Å². The van der Waals surface area contributed by atoms with Crippen molar-refractivity contribution in [1.82, 2.24) is 4.98 Å². The van der Waals surface area contributed by atoms with Crippen molar-refractivity contribution in [2.75, 3.05) is 4.72 Å². The van der Waals surface area contributed by atoms with Gasteiger partial charge in [0.25, 0.3) is 10.0 Å². The van der Waals surface area contributed by atoms with Gasteiger partial charge in [0.2, 0.25) is 0 Å². The molecule has 1 aromatic heterocycles. The van der Waals surface area contributed by atoms with Crippen molar-refractivity contribution in [2.45, 2.75) is 4.90 Å². The topological polar surface area (TPSA) is 82.8 Å². The lowest BCUT2D eigenvalue weighted by atomic mass is 10.2. The number of aromatic nitrogens is 1. The van der Waals surface area contributed by atoms with Crippen LogP contribution in [0.25, 0.3) is 0 Å². The van der Waals surface area contributed by atoms with Crippen LogP contribution >= 0.6 is 15.9 Å². The van der Waals surface area contributed by atoms with Gasteiger partial charge >= 0.3 is 0 Å². The van der Waals surface area contributed by atoms with Crippen molar-refractivity contribution >= 4 is 31.8 Å². The molecule has 7 heteroatoms. The SMILES string of the molecule is N#Cc1cccc(S(=O)(=O)Nc2ccc(Br)cn2)c1. The van der Waals surface area contributed by atoms with Gasteiger partial charge in [0.05, 0.1) is 16.5 Å². The van der Waals surface area contributed by atoms with E-state index in [0.717, 1.165) is 4.47 Å². The molecule has 2 rings (SSSR count). The van der Waals surface area contributed by atoms with E-state index < -0.39 is 10.0 Å². The molecule has 0 aliphatic rings.